The number of aromatic amines is 1. The Morgan fingerprint density at radius 1 is 0.463 bits per heavy atom. The van der Waals surface area contributed by atoms with Crippen LogP contribution in [0.4, 0.5) is 25.0 Å². The molecule has 3 aliphatic rings. The molecule has 5 heterocycles. The van der Waals surface area contributed by atoms with E-state index in [0.29, 0.717) is 349 Å². The van der Waals surface area contributed by atoms with Crippen molar-refractivity contribution in [2.24, 2.45) is 5.41 Å². The Morgan fingerprint density at radius 2 is 0.878 bits per heavy atom. The van der Waals surface area contributed by atoms with Crippen LogP contribution < -0.4 is 25.6 Å². The zero-order chi connectivity index (χ0) is 104. The van der Waals surface area contributed by atoms with Crippen molar-refractivity contribution >= 4 is 58.0 Å². The number of hydrogen-bond acceptors (Lipinski definition) is 35. The van der Waals surface area contributed by atoms with Gasteiger partial charge in [-0.2, -0.15) is 0 Å². The van der Waals surface area contributed by atoms with E-state index in [4.69, 9.17) is 123 Å². The monoisotopic (exact) mass is 2080 g/mol. The molecule has 3 fully saturated rings. The highest BCUT2D eigenvalue weighted by Crippen LogP contribution is 2.43. The smallest absolute Gasteiger partial charge is 0.328 e. The number of ether oxygens (including phenoxy) is 26. The molecule has 4 aromatic carbocycles. The summed E-state index contributed by atoms with van der Waals surface area (Å²) in [6.45, 7) is 29.7. The third kappa shape index (κ3) is 48.9. The Bertz CT molecular complexity index is 4650. The van der Waals surface area contributed by atoms with Gasteiger partial charge in [-0.3, -0.25) is 34.2 Å². The largest absolute Gasteiger partial charge is 0.495 e. The van der Waals surface area contributed by atoms with E-state index < -0.39 is 47.6 Å². The number of nitrogens with one attached hydrogen (secondary N) is 4. The number of carbonyl (C=O) groups excluding carboxylic acids is 6. The maximum Gasteiger partial charge on any atom is 0.328 e. The Kier molecular flexibility index (Phi) is 61.2. The van der Waals surface area contributed by atoms with E-state index >= 15 is 8.78 Å². The van der Waals surface area contributed by atoms with Gasteiger partial charge in [0.1, 0.15) is 41.5 Å². The van der Waals surface area contributed by atoms with Gasteiger partial charge >= 0.3 is 12.0 Å². The SMILES string of the molecule is COCCOCCOCCOCCOCCOCCOCCOCCOCCOCCOCCOCCOCCOCCOCCOCCOCCOCCOCCOCCOCCOCCOCCOCCC(=O)NCC(=O)OC(C)(C)c1ccc(C(=O)Nc2cc(F)cc(-c3ncnc4[nH]c(-c5ccc(CCN6CCC7(CC6)CCN(C(=O)c6ccc(OC)c(N8CCC(=O)NC8=O)c6)CC7)cc5)cc34)c2C)c(F)c1. The van der Waals surface area contributed by atoms with Crippen LogP contribution in [-0.4, -0.2) is 431 Å². The summed E-state index contributed by atoms with van der Waals surface area (Å²) in [5, 5.41) is 8.15. The molecule has 6 aromatic rings. The zero-order valence-corrected chi connectivity index (χ0v) is 86.3. The quantitative estimate of drug-likeness (QED) is 0.0205. The molecule has 0 unspecified atom stereocenters. The van der Waals surface area contributed by atoms with E-state index in [9.17, 15) is 28.8 Å². The van der Waals surface area contributed by atoms with Crippen molar-refractivity contribution in [1.29, 1.82) is 0 Å². The first-order valence-corrected chi connectivity index (χ1v) is 50.8. The van der Waals surface area contributed by atoms with Gasteiger partial charge in [-0.25, -0.2) is 23.5 Å². The Morgan fingerprint density at radius 3 is 1.29 bits per heavy atom. The average molecular weight is 2080 g/mol. The van der Waals surface area contributed by atoms with Gasteiger partial charge in [-0.1, -0.05) is 30.3 Å². The number of nitrogens with zero attached hydrogens (tertiary/aromatic N) is 5. The Balaban J connectivity index is 0.475. The van der Waals surface area contributed by atoms with Gasteiger partial charge in [0, 0.05) is 74.0 Å². The molecule has 0 aliphatic carbocycles. The fraction of sp³-hybridized carbons (Fsp3) is 0.654. The summed E-state index contributed by atoms with van der Waals surface area (Å²) in [7, 11) is 3.15. The summed E-state index contributed by atoms with van der Waals surface area (Å²) in [5.41, 5.74) is 4.36. The number of urea groups is 1. The fourth-order valence-electron chi connectivity index (χ4n) is 15.6. The van der Waals surface area contributed by atoms with Crippen LogP contribution in [0.2, 0.25) is 0 Å². The predicted molar refractivity (Wildman–Crippen MR) is 537 cm³/mol. The molecule has 3 aliphatic heterocycles. The molecule has 0 atom stereocenters. The minimum Gasteiger partial charge on any atom is -0.495 e. The molecule has 3 saturated heterocycles. The van der Waals surface area contributed by atoms with Crippen LogP contribution in [0.5, 0.6) is 5.75 Å². The maximum atomic E-state index is 16.0. The van der Waals surface area contributed by atoms with E-state index in [0.717, 1.165) is 75.1 Å². The van der Waals surface area contributed by atoms with Gasteiger partial charge in [0.2, 0.25) is 11.8 Å². The van der Waals surface area contributed by atoms with Gasteiger partial charge in [0.05, 0.1) is 335 Å². The van der Waals surface area contributed by atoms with Gasteiger partial charge in [-0.15, -0.1) is 0 Å². The molecule has 4 N–H and O–H groups in total. The van der Waals surface area contributed by atoms with Crippen LogP contribution >= 0.6 is 0 Å². The minimum absolute atomic E-state index is 0.0302. The number of likely N-dealkylation sites (tertiary alicyclic amines) is 2. The van der Waals surface area contributed by atoms with Gasteiger partial charge < -0.3 is 149 Å². The molecule has 43 heteroatoms. The molecule has 822 valence electrons. The molecule has 147 heavy (non-hydrogen) atoms. The molecular weight excluding hydrogens is 1930 g/mol. The number of H-pyrrole nitrogens is 1. The number of fused-ring (bicyclic) bond motifs is 1. The number of aromatic nitrogens is 3. The molecule has 0 radical (unpaired) electrons. The van der Waals surface area contributed by atoms with Crippen molar-refractivity contribution in [3.8, 4) is 28.3 Å². The first kappa shape index (κ1) is 121. The lowest BCUT2D eigenvalue weighted by molar-refractivity contribution is -0.157. The summed E-state index contributed by atoms with van der Waals surface area (Å²) in [4.78, 5) is 96.0. The lowest BCUT2D eigenvalue weighted by Crippen LogP contribution is -2.50. The van der Waals surface area contributed by atoms with E-state index in [2.05, 4.69) is 60.1 Å². The number of anilines is 2. The standard InChI is InChI=1S/C104H155F2N9O32/c1-81-88(98-89-78-92(110-99(89)109-80-108-98)83-8-6-82(7-9-83)14-21-113-23-17-104(18-24-113)19-25-114(26-20-104)101(120)84-10-13-94(123-5)93(74-84)115-22-15-96(117)112-102(115)121)76-86(105)77-91(81)111-100(119)87-12-11-85(75-90(87)106)103(2,3)147-97(118)79-107-95(116)16-27-124-30-31-126-34-35-128-38-39-130-42-43-132-46-47-134-50-51-136-54-55-138-58-59-140-62-63-142-66-67-144-70-71-146-73-72-145-69-68-143-65-64-141-61-60-139-57-56-137-53-52-135-49-48-133-45-44-131-41-40-129-37-36-127-33-32-125-29-28-122-4/h6-13,74-78,80H,14-73,79H2,1-5H3,(H,107,116)(H,111,119)(H,108,109,110)(H,112,117,121). The summed E-state index contributed by atoms with van der Waals surface area (Å²) in [6.07, 6.45) is 6.31. The zero-order valence-electron chi connectivity index (χ0n) is 86.3. The second-order valence-corrected chi connectivity index (χ2v) is 34.8. The molecular formula is C104H155F2N9O32. The number of amides is 6. The summed E-state index contributed by atoms with van der Waals surface area (Å²) in [5.74, 6) is -3.65. The first-order chi connectivity index (χ1) is 71.9. The molecule has 41 nitrogen and oxygen atoms in total. The van der Waals surface area contributed by atoms with Crippen LogP contribution in [0.25, 0.3) is 33.5 Å². The Labute approximate surface area is 860 Å². The number of esters is 1. The van der Waals surface area contributed by atoms with Gasteiger partial charge in [-0.05, 0) is 142 Å². The summed E-state index contributed by atoms with van der Waals surface area (Å²) < 4.78 is 175. The maximum absolute atomic E-state index is 16.0. The minimum atomic E-state index is -1.38. The number of carbonyl (C=O) groups is 6. The van der Waals surface area contributed by atoms with Crippen LogP contribution in [-0.2, 0) is 145 Å². The van der Waals surface area contributed by atoms with E-state index in [1.165, 1.54) is 42.1 Å². The third-order valence-electron chi connectivity index (χ3n) is 23.9. The Hall–Kier alpha value is -9.02. The van der Waals surface area contributed by atoms with Crippen molar-refractivity contribution in [2.75, 3.05) is 381 Å². The van der Waals surface area contributed by atoms with Crippen LogP contribution in [0.1, 0.15) is 89.8 Å². The highest BCUT2D eigenvalue weighted by molar-refractivity contribution is 6.08. The van der Waals surface area contributed by atoms with Crippen molar-refractivity contribution in [3.05, 3.63) is 125 Å². The van der Waals surface area contributed by atoms with Crippen LogP contribution in [0.3, 0.4) is 0 Å². The third-order valence-corrected chi connectivity index (χ3v) is 23.9. The fourth-order valence-corrected chi connectivity index (χ4v) is 15.6. The number of rotatable bonds is 86. The predicted octanol–water partition coefficient (Wildman–Crippen LogP) is 8.46. The molecule has 1 spiro atoms. The number of piperidine rings is 2. The molecule has 2 aromatic heterocycles. The highest BCUT2D eigenvalue weighted by atomic mass is 19.1. The molecule has 6 amide bonds. The summed E-state index contributed by atoms with van der Waals surface area (Å²) in [6, 6.07) is 21.1. The topological polar surface area (TPSA) is 430 Å². The second-order valence-electron chi connectivity index (χ2n) is 34.8. The van der Waals surface area contributed by atoms with Crippen LogP contribution in [0.15, 0.2) is 85.2 Å². The van der Waals surface area contributed by atoms with Crippen molar-refractivity contribution in [3.63, 3.8) is 0 Å². The van der Waals surface area contributed by atoms with E-state index in [1.54, 1.807) is 46.1 Å². The number of benzene rings is 4. The first-order valence-electron chi connectivity index (χ1n) is 50.8. The number of halogens is 2. The summed E-state index contributed by atoms with van der Waals surface area (Å²) >= 11 is 0. The van der Waals surface area contributed by atoms with E-state index in [1.807, 2.05) is 11.0 Å². The van der Waals surface area contributed by atoms with Gasteiger partial charge in [0.15, 0.2) is 0 Å². The van der Waals surface area contributed by atoms with Gasteiger partial charge in [0.25, 0.3) is 11.8 Å². The second kappa shape index (κ2) is 74.0. The van der Waals surface area contributed by atoms with Crippen molar-refractivity contribution < 1.29 is 161 Å². The molecule has 9 rings (SSSR count). The van der Waals surface area contributed by atoms with Crippen molar-refractivity contribution in [1.82, 2.24) is 35.4 Å². The number of methoxy groups -OCH3 is 2. The molecule has 0 bridgehead atoms. The van der Waals surface area contributed by atoms with Crippen molar-refractivity contribution in [2.45, 2.75) is 71.3 Å². The normalized spacial score (nSPS) is 14.0. The molecule has 0 saturated carbocycles. The number of imide groups is 1. The van der Waals surface area contributed by atoms with E-state index in [-0.39, 0.29) is 73.3 Å². The van der Waals surface area contributed by atoms with Crippen LogP contribution in [0, 0.1) is 24.0 Å². The highest BCUT2D eigenvalue weighted by Gasteiger charge is 2.40. The average Bonchev–Trinajstić information content (AvgIpc) is 1.63. The lowest BCUT2D eigenvalue weighted by atomic mass is 9.71. The lowest BCUT2D eigenvalue weighted by Gasteiger charge is -2.47. The number of hydrogen-bond donors (Lipinski definition) is 4.